The summed E-state index contributed by atoms with van der Waals surface area (Å²) >= 11 is 0. The number of carbonyl (C=O) groups is 3. The highest BCUT2D eigenvalue weighted by molar-refractivity contribution is 5.90. The number of rotatable bonds is 8. The van der Waals surface area contributed by atoms with Crippen LogP contribution in [0.3, 0.4) is 0 Å². The van der Waals surface area contributed by atoms with Crippen molar-refractivity contribution in [3.8, 4) is 0 Å². The quantitative estimate of drug-likeness (QED) is 0.484. The number of anilines is 2. The molecule has 2 fully saturated rings. The third-order valence-corrected chi connectivity index (χ3v) is 5.97. The molecule has 36 heavy (non-hydrogen) atoms. The summed E-state index contributed by atoms with van der Waals surface area (Å²) in [4.78, 5) is 43.1. The van der Waals surface area contributed by atoms with Crippen LogP contribution in [0.25, 0.3) is 0 Å². The van der Waals surface area contributed by atoms with E-state index in [4.69, 9.17) is 4.74 Å². The molecule has 0 saturated carbocycles. The number of carbonyl (C=O) groups excluding carboxylic acids is 3. The summed E-state index contributed by atoms with van der Waals surface area (Å²) in [5.41, 5.74) is 4.93. The van der Waals surface area contributed by atoms with Crippen molar-refractivity contribution < 1.29 is 23.5 Å². The van der Waals surface area contributed by atoms with Crippen molar-refractivity contribution in [1.29, 1.82) is 0 Å². The molecule has 3 N–H and O–H groups in total. The number of nitrogens with zero attached hydrogens (tertiary/aromatic N) is 4. The van der Waals surface area contributed by atoms with Crippen molar-refractivity contribution in [2.45, 2.75) is 19.6 Å². The number of aromatic nitrogens is 1. The molecule has 11 nitrogen and oxygen atoms in total. The molecule has 0 radical (unpaired) electrons. The molecular formula is C24H30FN7O4. The molecule has 1 atom stereocenters. The van der Waals surface area contributed by atoms with Gasteiger partial charge in [0.25, 0.3) is 5.91 Å². The van der Waals surface area contributed by atoms with Crippen LogP contribution in [0.15, 0.2) is 42.7 Å². The summed E-state index contributed by atoms with van der Waals surface area (Å²) in [5.74, 6) is -0.777. The van der Waals surface area contributed by atoms with E-state index in [1.165, 1.54) is 17.9 Å². The zero-order valence-electron chi connectivity index (χ0n) is 20.1. The van der Waals surface area contributed by atoms with E-state index in [0.717, 1.165) is 5.56 Å². The average Bonchev–Trinajstić information content (AvgIpc) is 3.07. The Bertz CT molecular complexity index is 1090. The molecule has 2 aliphatic rings. The molecule has 0 aliphatic carbocycles. The Balaban J connectivity index is 1.30. The zero-order valence-corrected chi connectivity index (χ0v) is 20.1. The van der Waals surface area contributed by atoms with Crippen molar-refractivity contribution in [3.05, 3.63) is 54.1 Å². The second-order valence-corrected chi connectivity index (χ2v) is 8.59. The van der Waals surface area contributed by atoms with Crippen LogP contribution in [-0.2, 0) is 20.9 Å². The van der Waals surface area contributed by atoms with Crippen molar-refractivity contribution in [2.75, 3.05) is 55.6 Å². The van der Waals surface area contributed by atoms with E-state index in [1.54, 1.807) is 29.5 Å². The average molecular weight is 500 g/mol. The molecule has 2 aliphatic heterocycles. The number of cyclic esters (lactones) is 1. The molecule has 0 unspecified atom stereocenters. The highest BCUT2D eigenvalue weighted by Crippen LogP contribution is 2.28. The molecule has 3 amide bonds. The van der Waals surface area contributed by atoms with Gasteiger partial charge in [0.15, 0.2) is 0 Å². The van der Waals surface area contributed by atoms with Gasteiger partial charge in [-0.25, -0.2) is 14.6 Å². The second-order valence-electron chi connectivity index (χ2n) is 8.59. The minimum absolute atomic E-state index is 0.0944. The van der Waals surface area contributed by atoms with Gasteiger partial charge in [0, 0.05) is 45.5 Å². The van der Waals surface area contributed by atoms with Gasteiger partial charge in [-0.05, 0) is 35.9 Å². The van der Waals surface area contributed by atoms with E-state index < -0.39 is 18.0 Å². The molecule has 1 aromatic heterocycles. The first kappa shape index (κ1) is 25.3. The fraction of sp³-hybridized carbons (Fsp3) is 0.417. The van der Waals surface area contributed by atoms with Crippen LogP contribution in [0.1, 0.15) is 12.5 Å². The van der Waals surface area contributed by atoms with Crippen molar-refractivity contribution in [2.24, 2.45) is 0 Å². The van der Waals surface area contributed by atoms with E-state index in [9.17, 15) is 14.4 Å². The third-order valence-electron chi connectivity index (χ3n) is 5.97. The van der Waals surface area contributed by atoms with E-state index in [0.29, 0.717) is 44.1 Å². The standard InChI is InChI=1S/C24H30FN7O4/c1-17(33)28-14-20-16-31(24(35)36-20)19-2-3-22(21(25)12-19)30-9-8-29-32(11-10-30)23(34)15-27-13-18-4-6-26-7-5-18/h2-7,12,20,27,29H,8-11,13-16H2,1H3,(H,28,33)/t20-/m0/s1. The molecule has 2 saturated heterocycles. The molecule has 4 rings (SSSR count). The van der Waals surface area contributed by atoms with Crippen molar-refractivity contribution in [1.82, 2.24) is 26.1 Å². The lowest BCUT2D eigenvalue weighted by Crippen LogP contribution is -2.47. The van der Waals surface area contributed by atoms with Crippen LogP contribution < -0.4 is 25.9 Å². The molecule has 2 aromatic rings. The zero-order chi connectivity index (χ0) is 25.5. The lowest BCUT2D eigenvalue weighted by Gasteiger charge is -2.24. The van der Waals surface area contributed by atoms with E-state index in [2.05, 4.69) is 21.0 Å². The van der Waals surface area contributed by atoms with Crippen molar-refractivity contribution >= 4 is 29.3 Å². The van der Waals surface area contributed by atoms with Gasteiger partial charge in [0.1, 0.15) is 11.9 Å². The minimum atomic E-state index is -0.580. The molecule has 0 bridgehead atoms. The number of benzene rings is 1. The summed E-state index contributed by atoms with van der Waals surface area (Å²) in [6.07, 6.45) is 2.33. The number of pyridine rings is 1. The summed E-state index contributed by atoms with van der Waals surface area (Å²) in [6, 6.07) is 8.38. The predicted molar refractivity (Wildman–Crippen MR) is 131 cm³/mol. The third kappa shape index (κ3) is 6.46. The number of halogens is 1. The summed E-state index contributed by atoms with van der Waals surface area (Å²) in [5, 5.41) is 7.30. The number of hydrogen-bond donors (Lipinski definition) is 3. The minimum Gasteiger partial charge on any atom is -0.442 e. The van der Waals surface area contributed by atoms with Gasteiger partial charge < -0.3 is 20.3 Å². The maximum Gasteiger partial charge on any atom is 0.414 e. The number of hydrazine groups is 1. The monoisotopic (exact) mass is 499 g/mol. The van der Waals surface area contributed by atoms with Crippen LogP contribution in [0.5, 0.6) is 0 Å². The lowest BCUT2D eigenvalue weighted by atomic mass is 10.2. The van der Waals surface area contributed by atoms with Gasteiger partial charge in [-0.3, -0.25) is 24.5 Å². The van der Waals surface area contributed by atoms with E-state index >= 15 is 4.39 Å². The summed E-state index contributed by atoms with van der Waals surface area (Å²) in [7, 11) is 0. The van der Waals surface area contributed by atoms with Crippen LogP contribution in [0, 0.1) is 5.82 Å². The van der Waals surface area contributed by atoms with Crippen LogP contribution in [-0.4, -0.2) is 79.8 Å². The number of hydrogen-bond acceptors (Lipinski definition) is 8. The Morgan fingerprint density at radius 2 is 2.00 bits per heavy atom. The van der Waals surface area contributed by atoms with Gasteiger partial charge in [-0.15, -0.1) is 0 Å². The van der Waals surface area contributed by atoms with Gasteiger partial charge in [0.05, 0.1) is 37.6 Å². The molecule has 0 spiro atoms. The van der Waals surface area contributed by atoms with Crippen LogP contribution in [0.2, 0.25) is 0 Å². The van der Waals surface area contributed by atoms with E-state index in [-0.39, 0.29) is 31.4 Å². The summed E-state index contributed by atoms with van der Waals surface area (Å²) in [6.45, 7) is 4.36. The SMILES string of the molecule is CC(=O)NC[C@H]1CN(c2ccc(N3CCNN(C(=O)CNCc4ccncc4)CC3)c(F)c2)C(=O)O1. The lowest BCUT2D eigenvalue weighted by molar-refractivity contribution is -0.133. The second kappa shape index (κ2) is 11.8. The Hall–Kier alpha value is -3.77. The smallest absolute Gasteiger partial charge is 0.414 e. The predicted octanol–water partition coefficient (Wildman–Crippen LogP) is 0.625. The maximum absolute atomic E-state index is 15.1. The van der Waals surface area contributed by atoms with Gasteiger partial charge in [-0.2, -0.15) is 0 Å². The highest BCUT2D eigenvalue weighted by atomic mass is 19.1. The molecular weight excluding hydrogens is 469 g/mol. The number of amides is 3. The fourth-order valence-corrected chi connectivity index (χ4v) is 4.11. The Morgan fingerprint density at radius 3 is 2.75 bits per heavy atom. The van der Waals surface area contributed by atoms with Gasteiger partial charge in [0.2, 0.25) is 5.91 Å². The molecule has 192 valence electrons. The Morgan fingerprint density at radius 1 is 1.19 bits per heavy atom. The van der Waals surface area contributed by atoms with Crippen LogP contribution in [0.4, 0.5) is 20.6 Å². The number of ether oxygens (including phenoxy) is 1. The normalized spacial score (nSPS) is 18.1. The Labute approximate surface area is 208 Å². The largest absolute Gasteiger partial charge is 0.442 e. The molecule has 1 aromatic carbocycles. The first-order chi connectivity index (χ1) is 17.4. The molecule has 12 heteroatoms. The number of nitrogens with one attached hydrogen (secondary N) is 3. The van der Waals surface area contributed by atoms with Gasteiger partial charge in [-0.1, -0.05) is 0 Å². The van der Waals surface area contributed by atoms with E-state index in [1.807, 2.05) is 17.0 Å². The topological polar surface area (TPSA) is 119 Å². The fourth-order valence-electron chi connectivity index (χ4n) is 4.11. The van der Waals surface area contributed by atoms with Crippen LogP contribution >= 0.6 is 0 Å². The first-order valence-electron chi connectivity index (χ1n) is 11.8. The first-order valence-corrected chi connectivity index (χ1v) is 11.8. The molecule has 3 heterocycles. The van der Waals surface area contributed by atoms with Gasteiger partial charge >= 0.3 is 6.09 Å². The maximum atomic E-state index is 15.1. The summed E-state index contributed by atoms with van der Waals surface area (Å²) < 4.78 is 20.3. The Kier molecular flexibility index (Phi) is 8.28. The highest BCUT2D eigenvalue weighted by Gasteiger charge is 2.33. The van der Waals surface area contributed by atoms with Crippen molar-refractivity contribution in [3.63, 3.8) is 0 Å².